The average Bonchev–Trinajstić information content (AvgIpc) is 2.38. The van der Waals surface area contributed by atoms with Crippen molar-refractivity contribution in [2.24, 2.45) is 5.92 Å². The van der Waals surface area contributed by atoms with Crippen molar-refractivity contribution in [1.29, 1.82) is 0 Å². The zero-order chi connectivity index (χ0) is 6.48. The molecular formula is C6H11N2O+. The van der Waals surface area contributed by atoms with Gasteiger partial charge in [-0.15, -0.1) is 0 Å². The summed E-state index contributed by atoms with van der Waals surface area (Å²) in [5.74, 6) is 0.869. The van der Waals surface area contributed by atoms with E-state index in [4.69, 9.17) is 0 Å². The Morgan fingerprint density at radius 3 is 3.11 bits per heavy atom. The molecule has 50 valence electrons. The van der Waals surface area contributed by atoms with E-state index in [-0.39, 0.29) is 11.4 Å². The van der Waals surface area contributed by atoms with Gasteiger partial charge in [-0.05, 0) is 0 Å². The maximum atomic E-state index is 10.8. The van der Waals surface area contributed by atoms with E-state index in [1.165, 1.54) is 0 Å². The summed E-state index contributed by atoms with van der Waals surface area (Å²) in [6.45, 7) is 0.863. The fraction of sp³-hybridized carbons (Fsp3) is 0.833. The first-order valence-electron chi connectivity index (χ1n) is 3.33. The Balaban J connectivity index is 2.11. The van der Waals surface area contributed by atoms with E-state index in [0.717, 1.165) is 13.0 Å². The summed E-state index contributed by atoms with van der Waals surface area (Å²) in [7, 11) is 0. The molecule has 0 aromatic rings. The number of hydrogen-bond donors (Lipinski definition) is 2. The number of carbonyl (C=O) groups is 1. The molecule has 3 heteroatoms. The van der Waals surface area contributed by atoms with Crippen molar-refractivity contribution in [1.82, 2.24) is 5.32 Å². The van der Waals surface area contributed by atoms with Gasteiger partial charge in [0.2, 0.25) is 5.91 Å². The highest BCUT2D eigenvalue weighted by atomic mass is 16.1. The Morgan fingerprint density at radius 1 is 1.78 bits per heavy atom. The first kappa shape index (κ1) is 5.23. The molecule has 0 aromatic heterocycles. The third-order valence-electron chi connectivity index (χ3n) is 2.42. The van der Waals surface area contributed by atoms with Gasteiger partial charge < -0.3 is 11.1 Å². The van der Waals surface area contributed by atoms with Gasteiger partial charge in [0.25, 0.3) is 0 Å². The molecule has 0 spiro atoms. The van der Waals surface area contributed by atoms with Crippen LogP contribution in [0, 0.1) is 5.92 Å². The second kappa shape index (κ2) is 1.29. The van der Waals surface area contributed by atoms with Crippen molar-refractivity contribution in [3.63, 3.8) is 0 Å². The van der Waals surface area contributed by atoms with Crippen LogP contribution in [-0.4, -0.2) is 18.0 Å². The molecule has 1 saturated carbocycles. The molecule has 9 heavy (non-hydrogen) atoms. The SMILES string of the molecule is [NH3+][C@]12CC(=O)NC[C@H]1C2. The van der Waals surface area contributed by atoms with Gasteiger partial charge in [-0.2, -0.15) is 0 Å². The number of fused-ring (bicyclic) bond motifs is 1. The number of rotatable bonds is 0. The van der Waals surface area contributed by atoms with Gasteiger partial charge in [0.15, 0.2) is 0 Å². The van der Waals surface area contributed by atoms with Gasteiger partial charge in [0.1, 0.15) is 5.54 Å². The molecule has 2 fully saturated rings. The number of amides is 1. The predicted molar refractivity (Wildman–Crippen MR) is 31.4 cm³/mol. The van der Waals surface area contributed by atoms with Crippen LogP contribution < -0.4 is 11.1 Å². The highest BCUT2D eigenvalue weighted by molar-refractivity contribution is 5.79. The molecule has 1 aliphatic heterocycles. The van der Waals surface area contributed by atoms with Crippen LogP contribution in [0.3, 0.4) is 0 Å². The van der Waals surface area contributed by atoms with Gasteiger partial charge in [-0.25, -0.2) is 0 Å². The summed E-state index contributed by atoms with van der Waals surface area (Å²) in [4.78, 5) is 10.8. The fourth-order valence-corrected chi connectivity index (χ4v) is 1.56. The second-order valence-electron chi connectivity index (χ2n) is 3.24. The summed E-state index contributed by atoms with van der Waals surface area (Å²) >= 11 is 0. The lowest BCUT2D eigenvalue weighted by molar-refractivity contribution is -0.443. The molecule has 0 radical (unpaired) electrons. The van der Waals surface area contributed by atoms with Gasteiger partial charge >= 0.3 is 0 Å². The van der Waals surface area contributed by atoms with E-state index in [0.29, 0.717) is 12.3 Å². The minimum atomic E-state index is 0.155. The molecule has 1 amide bonds. The van der Waals surface area contributed by atoms with E-state index in [9.17, 15) is 4.79 Å². The van der Waals surface area contributed by atoms with E-state index < -0.39 is 0 Å². The smallest absolute Gasteiger partial charge is 0.226 e. The van der Waals surface area contributed by atoms with Crippen molar-refractivity contribution >= 4 is 5.91 Å². The second-order valence-corrected chi connectivity index (χ2v) is 3.24. The molecule has 3 nitrogen and oxygen atoms in total. The quantitative estimate of drug-likeness (QED) is 0.409. The van der Waals surface area contributed by atoms with Crippen molar-refractivity contribution in [2.45, 2.75) is 18.4 Å². The van der Waals surface area contributed by atoms with Crippen molar-refractivity contribution < 1.29 is 10.5 Å². The maximum Gasteiger partial charge on any atom is 0.226 e. The molecule has 2 rings (SSSR count). The summed E-state index contributed by atoms with van der Waals surface area (Å²) < 4.78 is 0. The van der Waals surface area contributed by atoms with Crippen LogP contribution >= 0.6 is 0 Å². The fourth-order valence-electron chi connectivity index (χ4n) is 1.56. The van der Waals surface area contributed by atoms with E-state index in [2.05, 4.69) is 11.1 Å². The number of nitrogens with one attached hydrogen (secondary N) is 1. The predicted octanol–water partition coefficient (Wildman–Crippen LogP) is -1.49. The molecule has 2 aliphatic rings. The first-order valence-corrected chi connectivity index (χ1v) is 3.33. The Bertz CT molecular complexity index is 168. The van der Waals surface area contributed by atoms with Crippen LogP contribution in [0.1, 0.15) is 12.8 Å². The zero-order valence-electron chi connectivity index (χ0n) is 5.31. The van der Waals surface area contributed by atoms with Crippen LogP contribution in [0.2, 0.25) is 0 Å². The largest absolute Gasteiger partial charge is 0.355 e. The molecule has 1 heterocycles. The molecule has 0 aromatic carbocycles. The highest BCUT2D eigenvalue weighted by Crippen LogP contribution is 2.43. The normalized spacial score (nSPS) is 47.7. The summed E-state index contributed by atoms with van der Waals surface area (Å²) in [5, 5.41) is 2.82. The van der Waals surface area contributed by atoms with Gasteiger partial charge in [-0.3, -0.25) is 4.79 Å². The third-order valence-corrected chi connectivity index (χ3v) is 2.42. The first-order chi connectivity index (χ1) is 4.21. The van der Waals surface area contributed by atoms with Crippen molar-refractivity contribution in [3.05, 3.63) is 0 Å². The number of piperidine rings is 1. The Hall–Kier alpha value is -0.570. The lowest BCUT2D eigenvalue weighted by Gasteiger charge is -2.14. The van der Waals surface area contributed by atoms with Crippen LogP contribution in [0.15, 0.2) is 0 Å². The van der Waals surface area contributed by atoms with Gasteiger partial charge in [0, 0.05) is 18.9 Å². The molecule has 1 saturated heterocycles. The van der Waals surface area contributed by atoms with Crippen molar-refractivity contribution in [3.8, 4) is 0 Å². The Morgan fingerprint density at radius 2 is 2.56 bits per heavy atom. The molecule has 0 bridgehead atoms. The van der Waals surface area contributed by atoms with Crippen LogP contribution in [0.5, 0.6) is 0 Å². The van der Waals surface area contributed by atoms with E-state index in [1.54, 1.807) is 0 Å². The van der Waals surface area contributed by atoms with Crippen LogP contribution in [-0.2, 0) is 4.79 Å². The molecular weight excluding hydrogens is 116 g/mol. The number of carbonyl (C=O) groups excluding carboxylic acids is 1. The topological polar surface area (TPSA) is 56.7 Å². The standard InChI is InChI=1S/C6H10N2O/c7-6-1-4(6)3-8-5(9)2-6/h4H,1-3,7H2,(H,8,9)/p+1/t4-,6-/m1/s1. The van der Waals surface area contributed by atoms with Crippen LogP contribution in [0.25, 0.3) is 0 Å². The Kier molecular flexibility index (Phi) is 0.750. The third kappa shape index (κ3) is 0.645. The molecule has 2 atom stereocenters. The lowest BCUT2D eigenvalue weighted by Crippen LogP contribution is -2.68. The molecule has 0 unspecified atom stereocenters. The van der Waals surface area contributed by atoms with Crippen molar-refractivity contribution in [2.75, 3.05) is 6.54 Å². The summed E-state index contributed by atoms with van der Waals surface area (Å²) in [6, 6.07) is 0. The Labute approximate surface area is 53.6 Å². The number of hydrogen-bond acceptors (Lipinski definition) is 1. The van der Waals surface area contributed by atoms with Crippen LogP contribution in [0.4, 0.5) is 0 Å². The molecule has 4 N–H and O–H groups in total. The minimum Gasteiger partial charge on any atom is -0.355 e. The average molecular weight is 127 g/mol. The van der Waals surface area contributed by atoms with E-state index in [1.807, 2.05) is 0 Å². The summed E-state index contributed by atoms with van der Waals surface area (Å²) in [6.07, 6.45) is 1.80. The van der Waals surface area contributed by atoms with E-state index >= 15 is 0 Å². The van der Waals surface area contributed by atoms with Gasteiger partial charge in [-0.1, -0.05) is 0 Å². The monoisotopic (exact) mass is 127 g/mol. The maximum absolute atomic E-state index is 10.8. The summed E-state index contributed by atoms with van der Waals surface area (Å²) in [5.41, 5.74) is 4.15. The van der Waals surface area contributed by atoms with Gasteiger partial charge in [0.05, 0.1) is 6.42 Å². The highest BCUT2D eigenvalue weighted by Gasteiger charge is 2.58. The lowest BCUT2D eigenvalue weighted by atomic mass is 10.1. The minimum absolute atomic E-state index is 0.155. The zero-order valence-corrected chi connectivity index (χ0v) is 5.31. The number of quaternary nitrogens is 1. The molecule has 1 aliphatic carbocycles.